The zero-order chi connectivity index (χ0) is 20.7. The molecular weight excluding hydrogens is 380 g/mol. The van der Waals surface area contributed by atoms with Gasteiger partial charge in [0.25, 0.3) is 5.91 Å². The summed E-state index contributed by atoms with van der Waals surface area (Å²) in [5, 5.41) is 6.75. The predicted molar refractivity (Wildman–Crippen MR) is 113 cm³/mol. The van der Waals surface area contributed by atoms with Gasteiger partial charge in [0.2, 0.25) is 11.8 Å². The lowest BCUT2D eigenvalue weighted by molar-refractivity contribution is -0.132. The van der Waals surface area contributed by atoms with E-state index in [1.54, 1.807) is 24.3 Å². The Balaban J connectivity index is 1.24. The minimum Gasteiger partial charge on any atom is -0.357 e. The molecule has 0 saturated heterocycles. The third-order valence-corrected chi connectivity index (χ3v) is 5.93. The van der Waals surface area contributed by atoms with Gasteiger partial charge in [0.05, 0.1) is 17.8 Å². The second kappa shape index (κ2) is 7.33. The number of rotatable bonds is 3. The highest BCUT2D eigenvalue weighted by Crippen LogP contribution is 2.28. The van der Waals surface area contributed by atoms with E-state index in [1.807, 2.05) is 23.1 Å². The molecule has 1 unspecified atom stereocenters. The van der Waals surface area contributed by atoms with Crippen LogP contribution < -0.4 is 10.6 Å². The molecule has 0 spiro atoms. The highest BCUT2D eigenvalue weighted by atomic mass is 16.2. The Morgan fingerprint density at radius 3 is 2.77 bits per heavy atom. The Bertz CT molecular complexity index is 1170. The van der Waals surface area contributed by atoms with Gasteiger partial charge in [-0.1, -0.05) is 30.3 Å². The van der Waals surface area contributed by atoms with Crippen molar-refractivity contribution in [1.29, 1.82) is 0 Å². The number of carbonyl (C=O) groups is 3. The summed E-state index contributed by atoms with van der Waals surface area (Å²) in [5.74, 6) is -0.608. The van der Waals surface area contributed by atoms with Gasteiger partial charge in [-0.3, -0.25) is 14.4 Å². The van der Waals surface area contributed by atoms with E-state index >= 15 is 0 Å². The number of para-hydroxylation sites is 2. The summed E-state index contributed by atoms with van der Waals surface area (Å²) >= 11 is 0. The van der Waals surface area contributed by atoms with Gasteiger partial charge in [-0.2, -0.15) is 0 Å². The summed E-state index contributed by atoms with van der Waals surface area (Å²) in [6.07, 6.45) is 1.27. The normalized spacial score (nSPS) is 18.3. The summed E-state index contributed by atoms with van der Waals surface area (Å²) in [7, 11) is 0. The first-order valence-corrected chi connectivity index (χ1v) is 10.2. The minimum atomic E-state index is -0.734. The van der Waals surface area contributed by atoms with E-state index in [4.69, 9.17) is 0 Å². The average molecular weight is 402 g/mol. The van der Waals surface area contributed by atoms with Crippen molar-refractivity contribution in [3.63, 3.8) is 0 Å². The van der Waals surface area contributed by atoms with E-state index in [0.29, 0.717) is 24.3 Å². The smallest absolute Gasteiger partial charge is 0.254 e. The molecule has 3 N–H and O–H groups in total. The Morgan fingerprint density at radius 1 is 1.07 bits per heavy atom. The quantitative estimate of drug-likeness (QED) is 0.629. The van der Waals surface area contributed by atoms with Crippen molar-refractivity contribution in [1.82, 2.24) is 15.2 Å². The molecular formula is C23H22N4O3. The zero-order valence-corrected chi connectivity index (χ0v) is 16.4. The van der Waals surface area contributed by atoms with Crippen molar-refractivity contribution < 1.29 is 14.4 Å². The summed E-state index contributed by atoms with van der Waals surface area (Å²) in [4.78, 5) is 43.0. The number of carbonyl (C=O) groups excluding carboxylic acids is 3. The number of nitrogens with one attached hydrogen (secondary N) is 3. The molecule has 3 amide bonds. The maximum Gasteiger partial charge on any atom is 0.254 e. The van der Waals surface area contributed by atoms with E-state index in [-0.39, 0.29) is 30.6 Å². The molecule has 152 valence electrons. The fourth-order valence-corrected chi connectivity index (χ4v) is 4.35. The fraction of sp³-hybridized carbons (Fsp3) is 0.261. The van der Waals surface area contributed by atoms with Crippen molar-refractivity contribution in [3.8, 4) is 0 Å². The van der Waals surface area contributed by atoms with E-state index in [1.165, 1.54) is 10.9 Å². The van der Waals surface area contributed by atoms with Gasteiger partial charge in [0, 0.05) is 29.6 Å². The van der Waals surface area contributed by atoms with Crippen molar-refractivity contribution in [2.45, 2.75) is 31.8 Å². The second-order valence-corrected chi connectivity index (χ2v) is 7.79. The molecule has 5 rings (SSSR count). The lowest BCUT2D eigenvalue weighted by atomic mass is 10.0. The van der Waals surface area contributed by atoms with Gasteiger partial charge in [-0.25, -0.2) is 0 Å². The summed E-state index contributed by atoms with van der Waals surface area (Å²) in [6, 6.07) is 14.3. The van der Waals surface area contributed by atoms with Gasteiger partial charge >= 0.3 is 0 Å². The first kappa shape index (κ1) is 18.4. The highest BCUT2D eigenvalue weighted by molar-refractivity contribution is 6.09. The first-order chi connectivity index (χ1) is 14.6. The van der Waals surface area contributed by atoms with Crippen LogP contribution in [0.15, 0.2) is 48.5 Å². The standard InChI is InChI=1S/C23H22N4O3/c28-21(27-12-11-15-14-5-1-3-7-17(14)24-20(15)13-27)10-9-19-23(30)25-18-8-4-2-6-16(18)22(29)26-19/h1-8,19,24H,9-13H2,(H,25,30)(H,26,29). The molecule has 0 radical (unpaired) electrons. The fourth-order valence-electron chi connectivity index (χ4n) is 4.35. The predicted octanol–water partition coefficient (Wildman–Crippen LogP) is 2.58. The summed E-state index contributed by atoms with van der Waals surface area (Å²) < 4.78 is 0. The zero-order valence-electron chi connectivity index (χ0n) is 16.4. The van der Waals surface area contributed by atoms with E-state index < -0.39 is 6.04 Å². The molecule has 1 aromatic heterocycles. The van der Waals surface area contributed by atoms with Crippen molar-refractivity contribution >= 4 is 34.3 Å². The first-order valence-electron chi connectivity index (χ1n) is 10.2. The molecule has 30 heavy (non-hydrogen) atoms. The number of nitrogens with zero attached hydrogens (tertiary/aromatic N) is 1. The minimum absolute atomic E-state index is 0.0110. The third-order valence-electron chi connectivity index (χ3n) is 5.93. The van der Waals surface area contributed by atoms with Gasteiger partial charge in [0.15, 0.2) is 0 Å². The maximum absolute atomic E-state index is 12.8. The molecule has 0 fully saturated rings. The summed E-state index contributed by atoms with van der Waals surface area (Å²) in [6.45, 7) is 1.19. The van der Waals surface area contributed by atoms with Crippen molar-refractivity contribution in [3.05, 3.63) is 65.4 Å². The number of anilines is 1. The van der Waals surface area contributed by atoms with Crippen LogP contribution >= 0.6 is 0 Å². The number of amides is 3. The van der Waals surface area contributed by atoms with E-state index in [0.717, 1.165) is 17.6 Å². The SMILES string of the molecule is O=C1NC(CCC(=O)N2CCc3c([nH]c4ccccc34)C2)C(=O)Nc2ccccc21. The van der Waals surface area contributed by atoms with Gasteiger partial charge in [0.1, 0.15) is 6.04 Å². The van der Waals surface area contributed by atoms with Crippen LogP contribution in [0.1, 0.15) is 34.5 Å². The van der Waals surface area contributed by atoms with Crippen LogP contribution in [0, 0.1) is 0 Å². The molecule has 0 aliphatic carbocycles. The number of fused-ring (bicyclic) bond motifs is 4. The number of benzene rings is 2. The maximum atomic E-state index is 12.8. The number of aromatic nitrogens is 1. The van der Waals surface area contributed by atoms with Crippen LogP contribution in [0.5, 0.6) is 0 Å². The third kappa shape index (κ3) is 3.22. The van der Waals surface area contributed by atoms with Gasteiger partial charge < -0.3 is 20.5 Å². The molecule has 2 aliphatic heterocycles. The van der Waals surface area contributed by atoms with Crippen LogP contribution in [0.3, 0.4) is 0 Å². The lowest BCUT2D eigenvalue weighted by Gasteiger charge is -2.27. The number of aromatic amines is 1. The monoisotopic (exact) mass is 402 g/mol. The highest BCUT2D eigenvalue weighted by Gasteiger charge is 2.29. The lowest BCUT2D eigenvalue weighted by Crippen LogP contribution is -2.42. The molecule has 2 aliphatic rings. The number of hydrogen-bond acceptors (Lipinski definition) is 3. The molecule has 3 aromatic rings. The van der Waals surface area contributed by atoms with Gasteiger partial charge in [-0.15, -0.1) is 0 Å². The Morgan fingerprint density at radius 2 is 1.87 bits per heavy atom. The molecule has 7 nitrogen and oxygen atoms in total. The second-order valence-electron chi connectivity index (χ2n) is 7.79. The van der Waals surface area contributed by atoms with E-state index in [9.17, 15) is 14.4 Å². The number of hydrogen-bond donors (Lipinski definition) is 3. The van der Waals surface area contributed by atoms with Crippen molar-refractivity contribution in [2.75, 3.05) is 11.9 Å². The number of H-pyrrole nitrogens is 1. The van der Waals surface area contributed by atoms with Crippen LogP contribution in [0.2, 0.25) is 0 Å². The molecule has 1 atom stereocenters. The topological polar surface area (TPSA) is 94.3 Å². The van der Waals surface area contributed by atoms with E-state index in [2.05, 4.69) is 21.7 Å². The molecule has 3 heterocycles. The molecule has 7 heteroatoms. The Labute approximate surface area is 173 Å². The molecule has 0 bridgehead atoms. The van der Waals surface area contributed by atoms with Gasteiger partial charge in [-0.05, 0) is 36.6 Å². The molecule has 2 aromatic carbocycles. The molecule has 0 saturated carbocycles. The van der Waals surface area contributed by atoms with Crippen LogP contribution in [0.25, 0.3) is 10.9 Å². The largest absolute Gasteiger partial charge is 0.357 e. The summed E-state index contributed by atoms with van der Waals surface area (Å²) in [5.41, 5.74) is 4.38. The van der Waals surface area contributed by atoms with Crippen LogP contribution in [-0.4, -0.2) is 40.2 Å². The Kier molecular flexibility index (Phi) is 4.50. The average Bonchev–Trinajstić information content (AvgIpc) is 3.08. The van der Waals surface area contributed by atoms with Crippen LogP contribution in [0.4, 0.5) is 5.69 Å². The van der Waals surface area contributed by atoms with Crippen molar-refractivity contribution in [2.24, 2.45) is 0 Å². The Hall–Kier alpha value is -3.61. The van der Waals surface area contributed by atoms with Crippen LogP contribution in [-0.2, 0) is 22.6 Å².